The van der Waals surface area contributed by atoms with Crippen LogP contribution in [0.2, 0.25) is 0 Å². The first-order chi connectivity index (χ1) is 9.75. The molecule has 1 aliphatic carbocycles. The number of nitrogens with one attached hydrogen (secondary N) is 1. The molecule has 1 spiro atoms. The SMILES string of the molecule is O=C(C1CC12CCNCC2)N1CCC(OCCO)CC1. The first-order valence-electron chi connectivity index (χ1n) is 7.97. The van der Waals surface area contributed by atoms with Crippen molar-refractivity contribution in [2.45, 2.75) is 38.2 Å². The van der Waals surface area contributed by atoms with E-state index in [9.17, 15) is 4.79 Å². The smallest absolute Gasteiger partial charge is 0.226 e. The minimum Gasteiger partial charge on any atom is -0.394 e. The molecule has 1 unspecified atom stereocenters. The van der Waals surface area contributed by atoms with Crippen molar-refractivity contribution in [3.05, 3.63) is 0 Å². The molecule has 2 aliphatic heterocycles. The number of rotatable bonds is 4. The highest BCUT2D eigenvalue weighted by atomic mass is 16.5. The quantitative estimate of drug-likeness (QED) is 0.782. The van der Waals surface area contributed by atoms with Gasteiger partial charge in [0.2, 0.25) is 5.91 Å². The van der Waals surface area contributed by atoms with Crippen LogP contribution in [0.15, 0.2) is 0 Å². The van der Waals surface area contributed by atoms with Crippen molar-refractivity contribution in [2.75, 3.05) is 39.4 Å². The standard InChI is InChI=1S/C15H26N2O3/c18-9-10-20-12-1-7-17(8-2-12)14(19)13-11-15(13)3-5-16-6-4-15/h12-13,16,18H,1-11H2. The van der Waals surface area contributed by atoms with Crippen LogP contribution in [-0.4, -0.2) is 61.4 Å². The zero-order chi connectivity index (χ0) is 14.0. The average molecular weight is 282 g/mol. The van der Waals surface area contributed by atoms with Gasteiger partial charge in [0.15, 0.2) is 0 Å². The van der Waals surface area contributed by atoms with Gasteiger partial charge in [-0.05, 0) is 50.6 Å². The Morgan fingerprint density at radius 3 is 2.65 bits per heavy atom. The van der Waals surface area contributed by atoms with Crippen molar-refractivity contribution in [3.8, 4) is 0 Å². The molecule has 5 heteroatoms. The van der Waals surface area contributed by atoms with Crippen molar-refractivity contribution < 1.29 is 14.6 Å². The molecule has 3 aliphatic rings. The molecule has 20 heavy (non-hydrogen) atoms. The molecule has 0 radical (unpaired) electrons. The Labute approximate surface area is 120 Å². The van der Waals surface area contributed by atoms with Crippen LogP contribution in [0.4, 0.5) is 0 Å². The highest BCUT2D eigenvalue weighted by Crippen LogP contribution is 2.59. The molecule has 2 heterocycles. The summed E-state index contributed by atoms with van der Waals surface area (Å²) in [7, 11) is 0. The fourth-order valence-electron chi connectivity index (χ4n) is 3.86. The molecule has 5 nitrogen and oxygen atoms in total. The minimum atomic E-state index is 0.0811. The number of likely N-dealkylation sites (tertiary alicyclic amines) is 1. The predicted molar refractivity (Wildman–Crippen MR) is 75.3 cm³/mol. The summed E-state index contributed by atoms with van der Waals surface area (Å²) in [4.78, 5) is 14.6. The molecule has 2 saturated heterocycles. The van der Waals surface area contributed by atoms with E-state index in [-0.39, 0.29) is 12.7 Å². The van der Waals surface area contributed by atoms with E-state index in [1.54, 1.807) is 0 Å². The number of carbonyl (C=O) groups is 1. The van der Waals surface area contributed by atoms with Gasteiger partial charge in [0.1, 0.15) is 0 Å². The van der Waals surface area contributed by atoms with Crippen molar-refractivity contribution in [1.82, 2.24) is 10.2 Å². The average Bonchev–Trinajstić information content (AvgIpc) is 3.19. The summed E-state index contributed by atoms with van der Waals surface area (Å²) in [5.41, 5.74) is 0.340. The number of nitrogens with zero attached hydrogens (tertiary/aromatic N) is 1. The number of hydrogen-bond donors (Lipinski definition) is 2. The van der Waals surface area contributed by atoms with Gasteiger partial charge in [-0.2, -0.15) is 0 Å². The molecule has 3 rings (SSSR count). The Hall–Kier alpha value is -0.650. The fraction of sp³-hybridized carbons (Fsp3) is 0.933. The molecule has 0 aromatic rings. The summed E-state index contributed by atoms with van der Waals surface area (Å²) in [6.45, 7) is 4.27. The predicted octanol–water partition coefficient (Wildman–Crippen LogP) is 0.376. The molecule has 3 fully saturated rings. The van der Waals surface area contributed by atoms with Crippen molar-refractivity contribution in [2.24, 2.45) is 11.3 Å². The van der Waals surface area contributed by atoms with Crippen molar-refractivity contribution in [3.63, 3.8) is 0 Å². The van der Waals surface area contributed by atoms with Crippen LogP contribution in [0.3, 0.4) is 0 Å². The Morgan fingerprint density at radius 1 is 1.30 bits per heavy atom. The zero-order valence-corrected chi connectivity index (χ0v) is 12.1. The zero-order valence-electron chi connectivity index (χ0n) is 12.1. The van der Waals surface area contributed by atoms with Crippen LogP contribution < -0.4 is 5.32 Å². The second-order valence-electron chi connectivity index (χ2n) is 6.49. The lowest BCUT2D eigenvalue weighted by Crippen LogP contribution is -2.43. The van der Waals surface area contributed by atoms with E-state index in [0.717, 1.165) is 45.4 Å². The van der Waals surface area contributed by atoms with Crippen LogP contribution in [-0.2, 0) is 9.53 Å². The molecule has 1 saturated carbocycles. The molecule has 114 valence electrons. The summed E-state index contributed by atoms with van der Waals surface area (Å²) in [5, 5.41) is 12.1. The van der Waals surface area contributed by atoms with Crippen molar-refractivity contribution >= 4 is 5.91 Å². The number of amides is 1. The first kappa shape index (κ1) is 14.3. The maximum Gasteiger partial charge on any atom is 0.226 e. The van der Waals surface area contributed by atoms with Gasteiger partial charge in [0, 0.05) is 19.0 Å². The third kappa shape index (κ3) is 2.85. The van der Waals surface area contributed by atoms with Crippen molar-refractivity contribution in [1.29, 1.82) is 0 Å². The highest BCUT2D eigenvalue weighted by molar-refractivity contribution is 5.82. The van der Waals surface area contributed by atoms with E-state index in [4.69, 9.17) is 9.84 Å². The number of aliphatic hydroxyl groups excluding tert-OH is 1. The minimum absolute atomic E-state index is 0.0811. The topological polar surface area (TPSA) is 61.8 Å². The lowest BCUT2D eigenvalue weighted by atomic mass is 9.91. The third-order valence-electron chi connectivity index (χ3n) is 5.29. The van der Waals surface area contributed by atoms with E-state index in [2.05, 4.69) is 5.32 Å². The largest absolute Gasteiger partial charge is 0.394 e. The summed E-state index contributed by atoms with van der Waals surface area (Å²) < 4.78 is 5.55. The Balaban J connectivity index is 1.46. The van der Waals surface area contributed by atoms with Crippen LogP contribution >= 0.6 is 0 Å². The second kappa shape index (κ2) is 6.00. The Kier molecular flexibility index (Phi) is 4.29. The Morgan fingerprint density at radius 2 is 2.00 bits per heavy atom. The monoisotopic (exact) mass is 282 g/mol. The van der Waals surface area contributed by atoms with Gasteiger partial charge < -0.3 is 20.1 Å². The highest BCUT2D eigenvalue weighted by Gasteiger charge is 2.58. The summed E-state index contributed by atoms with van der Waals surface area (Å²) >= 11 is 0. The maximum absolute atomic E-state index is 12.6. The number of piperidine rings is 2. The first-order valence-corrected chi connectivity index (χ1v) is 7.97. The number of hydrogen-bond acceptors (Lipinski definition) is 4. The van der Waals surface area contributed by atoms with Gasteiger partial charge in [-0.3, -0.25) is 4.79 Å². The van der Waals surface area contributed by atoms with Gasteiger partial charge in [-0.25, -0.2) is 0 Å². The summed E-state index contributed by atoms with van der Waals surface area (Å²) in [5.74, 6) is 0.673. The van der Waals surface area contributed by atoms with Crippen LogP contribution in [0.5, 0.6) is 0 Å². The van der Waals surface area contributed by atoms with Gasteiger partial charge in [0.25, 0.3) is 0 Å². The van der Waals surface area contributed by atoms with E-state index in [1.165, 1.54) is 12.8 Å². The van der Waals surface area contributed by atoms with Gasteiger partial charge >= 0.3 is 0 Å². The lowest BCUT2D eigenvalue weighted by molar-refractivity contribution is -0.136. The number of carbonyl (C=O) groups excluding carboxylic acids is 1. The Bertz CT molecular complexity index is 347. The molecule has 0 aromatic heterocycles. The maximum atomic E-state index is 12.6. The van der Waals surface area contributed by atoms with E-state index in [0.29, 0.717) is 23.8 Å². The second-order valence-corrected chi connectivity index (χ2v) is 6.49. The molecule has 0 aromatic carbocycles. The van der Waals surface area contributed by atoms with Gasteiger partial charge in [-0.1, -0.05) is 0 Å². The number of aliphatic hydroxyl groups is 1. The number of ether oxygens (including phenoxy) is 1. The molecular formula is C15H26N2O3. The van der Waals surface area contributed by atoms with Gasteiger partial charge in [0.05, 0.1) is 19.3 Å². The van der Waals surface area contributed by atoms with Crippen LogP contribution in [0.25, 0.3) is 0 Å². The molecule has 2 N–H and O–H groups in total. The molecular weight excluding hydrogens is 256 g/mol. The summed E-state index contributed by atoms with van der Waals surface area (Å²) in [6.07, 6.45) is 5.48. The van der Waals surface area contributed by atoms with E-state index >= 15 is 0 Å². The summed E-state index contributed by atoms with van der Waals surface area (Å²) in [6, 6.07) is 0. The van der Waals surface area contributed by atoms with E-state index in [1.807, 2.05) is 4.90 Å². The van der Waals surface area contributed by atoms with E-state index < -0.39 is 0 Å². The fourth-order valence-corrected chi connectivity index (χ4v) is 3.86. The molecule has 1 atom stereocenters. The molecule has 1 amide bonds. The van der Waals surface area contributed by atoms with Gasteiger partial charge in [-0.15, -0.1) is 0 Å². The normalized spacial score (nSPS) is 29.6. The van der Waals surface area contributed by atoms with Crippen LogP contribution in [0, 0.1) is 11.3 Å². The molecule has 0 bridgehead atoms. The van der Waals surface area contributed by atoms with Crippen LogP contribution in [0.1, 0.15) is 32.1 Å². The lowest BCUT2D eigenvalue weighted by Gasteiger charge is -2.33. The third-order valence-corrected chi connectivity index (χ3v) is 5.29.